The molecular formula is C24H21BrN2O3. The highest BCUT2D eigenvalue weighted by Crippen LogP contribution is 2.24. The van der Waals surface area contributed by atoms with Gasteiger partial charge in [-0.1, -0.05) is 33.6 Å². The number of benzene rings is 3. The summed E-state index contributed by atoms with van der Waals surface area (Å²) in [7, 11) is 1.58. The monoisotopic (exact) mass is 464 g/mol. The Morgan fingerprint density at radius 3 is 2.30 bits per heavy atom. The van der Waals surface area contributed by atoms with Gasteiger partial charge in [0.25, 0.3) is 5.91 Å². The zero-order chi connectivity index (χ0) is 21.5. The van der Waals surface area contributed by atoms with Crippen LogP contribution in [0.25, 0.3) is 6.08 Å². The molecule has 2 N–H and O–H groups in total. The second kappa shape index (κ2) is 9.89. The van der Waals surface area contributed by atoms with Gasteiger partial charge in [0.15, 0.2) is 0 Å². The van der Waals surface area contributed by atoms with E-state index in [1.54, 1.807) is 43.5 Å². The first-order chi connectivity index (χ1) is 14.4. The molecule has 3 aromatic carbocycles. The lowest BCUT2D eigenvalue weighted by Crippen LogP contribution is -2.12. The highest BCUT2D eigenvalue weighted by molar-refractivity contribution is 9.10. The number of carbonyl (C=O) groups is 2. The van der Waals surface area contributed by atoms with Crippen molar-refractivity contribution in [2.75, 3.05) is 17.7 Å². The molecule has 0 heterocycles. The maximum Gasteiger partial charge on any atom is 0.255 e. The largest absolute Gasteiger partial charge is 0.496 e. The first-order valence-corrected chi connectivity index (χ1v) is 10.0. The van der Waals surface area contributed by atoms with E-state index in [4.69, 9.17) is 4.74 Å². The number of amides is 2. The fraction of sp³-hybridized carbons (Fsp3) is 0.0833. The van der Waals surface area contributed by atoms with Crippen LogP contribution in [0.1, 0.15) is 21.5 Å². The number of anilines is 2. The van der Waals surface area contributed by atoms with Crippen molar-refractivity contribution in [1.82, 2.24) is 0 Å². The van der Waals surface area contributed by atoms with Crippen molar-refractivity contribution in [3.05, 3.63) is 94.0 Å². The Labute approximate surface area is 183 Å². The molecule has 0 spiro atoms. The van der Waals surface area contributed by atoms with Crippen molar-refractivity contribution in [1.29, 1.82) is 0 Å². The minimum absolute atomic E-state index is 0.179. The molecule has 0 aliphatic rings. The van der Waals surface area contributed by atoms with Gasteiger partial charge in [-0.2, -0.15) is 0 Å². The van der Waals surface area contributed by atoms with Gasteiger partial charge < -0.3 is 15.4 Å². The molecule has 0 atom stereocenters. The smallest absolute Gasteiger partial charge is 0.255 e. The van der Waals surface area contributed by atoms with E-state index in [1.165, 1.54) is 6.08 Å². The zero-order valence-electron chi connectivity index (χ0n) is 16.6. The van der Waals surface area contributed by atoms with Gasteiger partial charge in [-0.15, -0.1) is 0 Å². The van der Waals surface area contributed by atoms with Crippen molar-refractivity contribution < 1.29 is 14.3 Å². The molecule has 0 saturated heterocycles. The summed E-state index contributed by atoms with van der Waals surface area (Å²) in [6.45, 7) is 1.94. The lowest BCUT2D eigenvalue weighted by Gasteiger charge is -2.08. The molecule has 0 bridgehead atoms. The Morgan fingerprint density at radius 1 is 0.933 bits per heavy atom. The number of ether oxygens (including phenoxy) is 1. The quantitative estimate of drug-likeness (QED) is 0.461. The van der Waals surface area contributed by atoms with Crippen LogP contribution < -0.4 is 15.4 Å². The predicted molar refractivity (Wildman–Crippen MR) is 124 cm³/mol. The normalized spacial score (nSPS) is 10.6. The lowest BCUT2D eigenvalue weighted by molar-refractivity contribution is -0.111. The molecule has 0 aliphatic heterocycles. The fourth-order valence-corrected chi connectivity index (χ4v) is 3.19. The standard InChI is InChI=1S/C24H21BrN2O3/c1-16-4-3-5-18(14-16)24(29)27-21-10-8-20(9-11-21)26-23(28)13-6-17-15-19(25)7-12-22(17)30-2/h3-15H,1-2H3,(H,26,28)(H,27,29)/b13-6+. The van der Waals surface area contributed by atoms with Gasteiger partial charge in [0.05, 0.1) is 7.11 Å². The maximum absolute atomic E-state index is 12.3. The molecule has 0 fully saturated rings. The molecule has 6 heteroatoms. The van der Waals surface area contributed by atoms with Gasteiger partial charge in [-0.3, -0.25) is 9.59 Å². The molecule has 0 unspecified atom stereocenters. The Kier molecular flexibility index (Phi) is 7.03. The minimum atomic E-state index is -0.270. The molecule has 5 nitrogen and oxygen atoms in total. The van der Waals surface area contributed by atoms with E-state index in [0.717, 1.165) is 15.6 Å². The highest BCUT2D eigenvalue weighted by Gasteiger charge is 2.07. The van der Waals surface area contributed by atoms with Crippen LogP contribution in [-0.2, 0) is 4.79 Å². The Balaban J connectivity index is 1.61. The molecule has 3 aromatic rings. The third-order valence-corrected chi connectivity index (χ3v) is 4.79. The summed E-state index contributed by atoms with van der Waals surface area (Å²) in [5.41, 5.74) is 3.68. The number of rotatable bonds is 6. The molecule has 2 amide bonds. The first-order valence-electron chi connectivity index (χ1n) is 9.25. The molecule has 30 heavy (non-hydrogen) atoms. The van der Waals surface area contributed by atoms with E-state index < -0.39 is 0 Å². The number of carbonyl (C=O) groups excluding carboxylic acids is 2. The number of aryl methyl sites for hydroxylation is 1. The molecule has 152 valence electrons. The molecule has 0 aliphatic carbocycles. The summed E-state index contributed by atoms with van der Waals surface area (Å²) in [5, 5.41) is 5.64. The van der Waals surface area contributed by atoms with Crippen LogP contribution in [0.4, 0.5) is 11.4 Å². The van der Waals surface area contributed by atoms with Gasteiger partial charge in [-0.25, -0.2) is 0 Å². The second-order valence-electron chi connectivity index (χ2n) is 6.61. The number of hydrogen-bond acceptors (Lipinski definition) is 3. The van der Waals surface area contributed by atoms with Gasteiger partial charge in [0, 0.05) is 33.1 Å². The molecular weight excluding hydrogens is 444 g/mol. The van der Waals surface area contributed by atoms with E-state index in [2.05, 4.69) is 26.6 Å². The van der Waals surface area contributed by atoms with Crippen LogP contribution in [0.3, 0.4) is 0 Å². The molecule has 0 saturated carbocycles. The predicted octanol–water partition coefficient (Wildman–Crippen LogP) is 5.67. The summed E-state index contributed by atoms with van der Waals surface area (Å²) < 4.78 is 6.19. The average Bonchev–Trinajstić information content (AvgIpc) is 2.74. The van der Waals surface area contributed by atoms with E-state index in [1.807, 2.05) is 43.3 Å². The van der Waals surface area contributed by atoms with E-state index >= 15 is 0 Å². The first kappa shape index (κ1) is 21.3. The number of hydrogen-bond donors (Lipinski definition) is 2. The number of nitrogens with one attached hydrogen (secondary N) is 2. The van der Waals surface area contributed by atoms with Gasteiger partial charge >= 0.3 is 0 Å². The molecule has 0 radical (unpaired) electrons. The topological polar surface area (TPSA) is 67.4 Å². The van der Waals surface area contributed by atoms with Crippen LogP contribution in [0.2, 0.25) is 0 Å². The molecule has 0 aromatic heterocycles. The molecule has 3 rings (SSSR count). The Bertz CT molecular complexity index is 1090. The van der Waals surface area contributed by atoms with Crippen LogP contribution in [-0.4, -0.2) is 18.9 Å². The van der Waals surface area contributed by atoms with Crippen molar-refractivity contribution in [3.8, 4) is 5.75 Å². The summed E-state index contributed by atoms with van der Waals surface area (Å²) in [6.07, 6.45) is 3.13. The van der Waals surface area contributed by atoms with Crippen LogP contribution in [0, 0.1) is 6.92 Å². The number of halogens is 1. The van der Waals surface area contributed by atoms with Crippen LogP contribution in [0.15, 0.2) is 77.3 Å². The van der Waals surface area contributed by atoms with Crippen molar-refractivity contribution in [2.24, 2.45) is 0 Å². The second-order valence-corrected chi connectivity index (χ2v) is 7.53. The number of methoxy groups -OCH3 is 1. The van der Waals surface area contributed by atoms with E-state index in [-0.39, 0.29) is 11.8 Å². The third kappa shape index (κ3) is 5.81. The highest BCUT2D eigenvalue weighted by atomic mass is 79.9. The third-order valence-electron chi connectivity index (χ3n) is 4.30. The summed E-state index contributed by atoms with van der Waals surface area (Å²) >= 11 is 3.41. The fourth-order valence-electron chi connectivity index (χ4n) is 2.81. The summed E-state index contributed by atoms with van der Waals surface area (Å²) in [6, 6.07) is 19.9. The van der Waals surface area contributed by atoms with Crippen LogP contribution in [0.5, 0.6) is 5.75 Å². The Morgan fingerprint density at radius 2 is 1.63 bits per heavy atom. The van der Waals surface area contributed by atoms with E-state index in [0.29, 0.717) is 22.7 Å². The van der Waals surface area contributed by atoms with Crippen molar-refractivity contribution in [2.45, 2.75) is 6.92 Å². The van der Waals surface area contributed by atoms with Crippen LogP contribution >= 0.6 is 15.9 Å². The Hall–Kier alpha value is -3.38. The van der Waals surface area contributed by atoms with Crippen molar-refractivity contribution >= 4 is 45.2 Å². The van der Waals surface area contributed by atoms with Crippen molar-refractivity contribution in [3.63, 3.8) is 0 Å². The van der Waals surface area contributed by atoms with Gasteiger partial charge in [-0.05, 0) is 67.6 Å². The minimum Gasteiger partial charge on any atom is -0.496 e. The maximum atomic E-state index is 12.3. The van der Waals surface area contributed by atoms with E-state index in [9.17, 15) is 9.59 Å². The van der Waals surface area contributed by atoms with Gasteiger partial charge in [0.1, 0.15) is 5.75 Å². The zero-order valence-corrected chi connectivity index (χ0v) is 18.2. The SMILES string of the molecule is COc1ccc(Br)cc1/C=C/C(=O)Nc1ccc(NC(=O)c2cccc(C)c2)cc1. The van der Waals surface area contributed by atoms with Gasteiger partial charge in [0.2, 0.25) is 5.91 Å². The average molecular weight is 465 g/mol. The lowest BCUT2D eigenvalue weighted by atomic mass is 10.1. The summed E-state index contributed by atoms with van der Waals surface area (Å²) in [4.78, 5) is 24.6. The summed E-state index contributed by atoms with van der Waals surface area (Å²) in [5.74, 6) is 0.228.